The van der Waals surface area contributed by atoms with E-state index in [9.17, 15) is 19.5 Å². The van der Waals surface area contributed by atoms with Crippen LogP contribution in [-0.2, 0) is 14.4 Å². The van der Waals surface area contributed by atoms with Gasteiger partial charge in [-0.15, -0.1) is 0 Å². The second-order valence-electron chi connectivity index (χ2n) is 5.82. The number of likely N-dealkylation sites (tertiary alicyclic amines) is 1. The van der Waals surface area contributed by atoms with Crippen LogP contribution in [0.1, 0.15) is 26.2 Å². The molecule has 2 N–H and O–H groups in total. The average Bonchev–Trinajstić information content (AvgIpc) is 3.23. The number of hydrogen-bond acceptors (Lipinski definition) is 4. The van der Waals surface area contributed by atoms with Gasteiger partial charge in [0, 0.05) is 19.1 Å². The molecule has 7 heteroatoms. The van der Waals surface area contributed by atoms with Gasteiger partial charge in [0.15, 0.2) is 0 Å². The molecule has 2 unspecified atom stereocenters. The van der Waals surface area contributed by atoms with Gasteiger partial charge in [0.25, 0.3) is 0 Å². The fourth-order valence-electron chi connectivity index (χ4n) is 3.02. The maximum Gasteiger partial charge on any atom is 0.308 e. The zero-order valence-corrected chi connectivity index (χ0v) is 12.2. The van der Waals surface area contributed by atoms with Crippen LogP contribution < -0.4 is 0 Å². The zero-order valence-electron chi connectivity index (χ0n) is 12.2. The van der Waals surface area contributed by atoms with Crippen molar-refractivity contribution in [1.29, 1.82) is 0 Å². The lowest BCUT2D eigenvalue weighted by molar-refractivity contribution is -0.157. The van der Waals surface area contributed by atoms with Gasteiger partial charge in [0.1, 0.15) is 0 Å². The van der Waals surface area contributed by atoms with Crippen molar-refractivity contribution in [3.05, 3.63) is 0 Å². The maximum absolute atomic E-state index is 12.2. The number of hydrogen-bond donors (Lipinski definition) is 2. The third-order valence-electron chi connectivity index (χ3n) is 4.34. The van der Waals surface area contributed by atoms with Crippen LogP contribution in [0.3, 0.4) is 0 Å². The molecule has 118 valence electrons. The number of carboxylic acid groups (broad SMARTS) is 2. The Balaban J connectivity index is 1.94. The Bertz CT molecular complexity index is 435. The normalized spacial score (nSPS) is 26.3. The highest BCUT2D eigenvalue weighted by Crippen LogP contribution is 2.28. The Hall–Kier alpha value is -1.63. The Morgan fingerprint density at radius 1 is 1.10 bits per heavy atom. The molecule has 1 aliphatic heterocycles. The van der Waals surface area contributed by atoms with Crippen molar-refractivity contribution in [2.24, 2.45) is 11.8 Å². The van der Waals surface area contributed by atoms with Crippen LogP contribution in [0.4, 0.5) is 0 Å². The second-order valence-corrected chi connectivity index (χ2v) is 5.82. The molecule has 1 heterocycles. The van der Waals surface area contributed by atoms with Crippen LogP contribution in [-0.4, -0.2) is 70.1 Å². The van der Waals surface area contributed by atoms with E-state index in [0.29, 0.717) is 19.1 Å². The lowest BCUT2D eigenvalue weighted by Crippen LogP contribution is -2.50. The molecule has 21 heavy (non-hydrogen) atoms. The van der Waals surface area contributed by atoms with Crippen LogP contribution in [0.15, 0.2) is 0 Å². The largest absolute Gasteiger partial charge is 0.481 e. The van der Waals surface area contributed by atoms with Gasteiger partial charge < -0.3 is 15.1 Å². The van der Waals surface area contributed by atoms with E-state index in [1.54, 1.807) is 4.90 Å². The summed E-state index contributed by atoms with van der Waals surface area (Å²) in [7, 11) is 0. The molecule has 0 radical (unpaired) electrons. The third kappa shape index (κ3) is 3.72. The number of carbonyl (C=O) groups excluding carboxylic acids is 1. The molecule has 2 atom stereocenters. The summed E-state index contributed by atoms with van der Waals surface area (Å²) in [6, 6.07) is 0.342. The van der Waals surface area contributed by atoms with Gasteiger partial charge in [-0.25, -0.2) is 0 Å². The summed E-state index contributed by atoms with van der Waals surface area (Å²) in [6.07, 6.45) is 2.35. The lowest BCUT2D eigenvalue weighted by Gasteiger charge is -2.35. The van der Waals surface area contributed by atoms with E-state index in [4.69, 9.17) is 5.11 Å². The van der Waals surface area contributed by atoms with Crippen LogP contribution in [0.5, 0.6) is 0 Å². The molecule has 1 saturated heterocycles. The maximum atomic E-state index is 12.2. The quantitative estimate of drug-likeness (QED) is 0.722. The van der Waals surface area contributed by atoms with Gasteiger partial charge in [-0.1, -0.05) is 0 Å². The van der Waals surface area contributed by atoms with Crippen molar-refractivity contribution in [2.75, 3.05) is 26.2 Å². The Labute approximate surface area is 123 Å². The molecule has 1 aliphatic carbocycles. The number of likely N-dealkylation sites (N-methyl/N-ethyl adjacent to an activating group) is 1. The highest BCUT2D eigenvalue weighted by Gasteiger charge is 2.40. The van der Waals surface area contributed by atoms with Crippen LogP contribution in [0.25, 0.3) is 0 Å². The predicted octanol–water partition coefficient (Wildman–Crippen LogP) is 0.105. The smallest absolute Gasteiger partial charge is 0.308 e. The van der Waals surface area contributed by atoms with E-state index in [1.165, 1.54) is 0 Å². The summed E-state index contributed by atoms with van der Waals surface area (Å²) in [5.41, 5.74) is 0. The second kappa shape index (κ2) is 6.43. The van der Waals surface area contributed by atoms with Crippen molar-refractivity contribution in [3.63, 3.8) is 0 Å². The Morgan fingerprint density at radius 2 is 1.71 bits per heavy atom. The molecule has 2 fully saturated rings. The minimum atomic E-state index is -1.10. The molecule has 0 aromatic rings. The van der Waals surface area contributed by atoms with Crippen molar-refractivity contribution in [2.45, 2.75) is 32.2 Å². The molecular weight excluding hydrogens is 276 g/mol. The number of carboxylic acids is 2. The number of amides is 1. The van der Waals surface area contributed by atoms with E-state index in [1.807, 2.05) is 11.8 Å². The summed E-state index contributed by atoms with van der Waals surface area (Å²) < 4.78 is 0. The van der Waals surface area contributed by atoms with Crippen molar-refractivity contribution < 1.29 is 24.6 Å². The van der Waals surface area contributed by atoms with Gasteiger partial charge in [-0.05, 0) is 32.7 Å². The summed E-state index contributed by atoms with van der Waals surface area (Å²) in [5.74, 6) is -3.96. The number of piperidine rings is 1. The van der Waals surface area contributed by atoms with Gasteiger partial charge in [-0.2, -0.15) is 0 Å². The molecule has 2 rings (SSSR count). The first-order valence-corrected chi connectivity index (χ1v) is 7.41. The van der Waals surface area contributed by atoms with E-state index in [-0.39, 0.29) is 25.4 Å². The monoisotopic (exact) mass is 298 g/mol. The first kappa shape index (κ1) is 15.8. The number of rotatable bonds is 6. The minimum Gasteiger partial charge on any atom is -0.481 e. The molecule has 1 amide bonds. The van der Waals surface area contributed by atoms with Gasteiger partial charge in [-0.3, -0.25) is 19.3 Å². The fraction of sp³-hybridized carbons (Fsp3) is 0.786. The standard InChI is InChI=1S/C14H22N2O5/c1-2-16(9-3-4-9)12(17)8-15-6-5-10(13(18)19)11(7-15)14(20)21/h9-11H,2-8H2,1H3,(H,18,19)(H,20,21). The third-order valence-corrected chi connectivity index (χ3v) is 4.34. The van der Waals surface area contributed by atoms with E-state index < -0.39 is 23.8 Å². The van der Waals surface area contributed by atoms with Crippen LogP contribution in [0.2, 0.25) is 0 Å². The van der Waals surface area contributed by atoms with Crippen LogP contribution >= 0.6 is 0 Å². The van der Waals surface area contributed by atoms with Crippen molar-refractivity contribution in [1.82, 2.24) is 9.80 Å². The van der Waals surface area contributed by atoms with Crippen molar-refractivity contribution >= 4 is 17.8 Å². The Morgan fingerprint density at radius 3 is 2.19 bits per heavy atom. The summed E-state index contributed by atoms with van der Waals surface area (Å²) in [6.45, 7) is 3.36. The lowest BCUT2D eigenvalue weighted by atomic mass is 9.85. The average molecular weight is 298 g/mol. The van der Waals surface area contributed by atoms with E-state index in [2.05, 4.69) is 0 Å². The number of nitrogens with zero attached hydrogens (tertiary/aromatic N) is 2. The minimum absolute atomic E-state index is 0.0120. The van der Waals surface area contributed by atoms with E-state index in [0.717, 1.165) is 12.8 Å². The Kier molecular flexibility index (Phi) is 4.82. The van der Waals surface area contributed by atoms with Crippen molar-refractivity contribution in [3.8, 4) is 0 Å². The number of aliphatic carboxylic acids is 2. The SMILES string of the molecule is CCN(C(=O)CN1CCC(C(=O)O)C(C(=O)O)C1)C1CC1. The molecular formula is C14H22N2O5. The van der Waals surface area contributed by atoms with Crippen LogP contribution in [0, 0.1) is 11.8 Å². The molecule has 0 aromatic heterocycles. The molecule has 1 saturated carbocycles. The topological polar surface area (TPSA) is 98.2 Å². The summed E-state index contributed by atoms with van der Waals surface area (Å²) in [5, 5.41) is 18.3. The summed E-state index contributed by atoms with van der Waals surface area (Å²) >= 11 is 0. The first-order chi connectivity index (χ1) is 9.93. The predicted molar refractivity (Wildman–Crippen MR) is 73.7 cm³/mol. The highest BCUT2D eigenvalue weighted by atomic mass is 16.4. The summed E-state index contributed by atoms with van der Waals surface area (Å²) in [4.78, 5) is 38.2. The molecule has 0 aromatic carbocycles. The number of carbonyl (C=O) groups is 3. The molecule has 7 nitrogen and oxygen atoms in total. The zero-order chi connectivity index (χ0) is 15.6. The molecule has 2 aliphatic rings. The molecule has 0 bridgehead atoms. The fourth-order valence-corrected chi connectivity index (χ4v) is 3.02. The van der Waals surface area contributed by atoms with Gasteiger partial charge in [0.05, 0.1) is 18.4 Å². The first-order valence-electron chi connectivity index (χ1n) is 7.41. The van der Waals surface area contributed by atoms with Gasteiger partial charge >= 0.3 is 11.9 Å². The molecule has 0 spiro atoms. The highest BCUT2D eigenvalue weighted by molar-refractivity contribution is 5.81. The van der Waals surface area contributed by atoms with Gasteiger partial charge in [0.2, 0.25) is 5.91 Å². The van der Waals surface area contributed by atoms with E-state index >= 15 is 0 Å².